The normalized spacial score (nSPS) is 12.2. The van der Waals surface area contributed by atoms with Gasteiger partial charge in [0.1, 0.15) is 5.69 Å². The van der Waals surface area contributed by atoms with Gasteiger partial charge in [0.2, 0.25) is 0 Å². The Morgan fingerprint density at radius 2 is 2.11 bits per heavy atom. The van der Waals surface area contributed by atoms with E-state index in [4.69, 9.17) is 5.11 Å². The van der Waals surface area contributed by atoms with E-state index in [0.717, 1.165) is 12.1 Å². The predicted octanol–water partition coefficient (Wildman–Crippen LogP) is 1.56. The van der Waals surface area contributed by atoms with E-state index in [0.29, 0.717) is 12.1 Å². The maximum absolute atomic E-state index is 11.9. The quantitative estimate of drug-likeness (QED) is 0.807. The van der Waals surface area contributed by atoms with Crippen molar-refractivity contribution in [2.45, 2.75) is 26.7 Å². The Hall–Kier alpha value is -1.78. The van der Waals surface area contributed by atoms with E-state index in [1.54, 1.807) is 10.6 Å². The van der Waals surface area contributed by atoms with Gasteiger partial charge in [-0.25, -0.2) is 0 Å². The molecule has 0 radical (unpaired) electrons. The lowest BCUT2D eigenvalue weighted by atomic mass is 10.0. The standard InChI is InChI=1S/C13H20N2O3/c1-4-5-10(13(17)18)8-14-12(16)11-7-6-9(2)15(11)3/h6-7,10H,4-5,8H2,1-3H3,(H,14,16)(H,17,18). The molecule has 2 N–H and O–H groups in total. The molecular weight excluding hydrogens is 232 g/mol. The summed E-state index contributed by atoms with van der Waals surface area (Å²) in [5.41, 5.74) is 1.54. The molecule has 1 aromatic heterocycles. The van der Waals surface area contributed by atoms with Gasteiger partial charge in [0.25, 0.3) is 5.91 Å². The van der Waals surface area contributed by atoms with Crippen molar-refractivity contribution in [3.05, 3.63) is 23.5 Å². The summed E-state index contributed by atoms with van der Waals surface area (Å²) >= 11 is 0. The minimum Gasteiger partial charge on any atom is -0.481 e. The highest BCUT2D eigenvalue weighted by molar-refractivity contribution is 5.93. The molecule has 0 fully saturated rings. The zero-order valence-electron chi connectivity index (χ0n) is 11.1. The molecule has 1 atom stereocenters. The van der Waals surface area contributed by atoms with Gasteiger partial charge >= 0.3 is 5.97 Å². The van der Waals surface area contributed by atoms with Crippen LogP contribution in [-0.4, -0.2) is 28.1 Å². The summed E-state index contributed by atoms with van der Waals surface area (Å²) in [6.07, 6.45) is 1.36. The van der Waals surface area contributed by atoms with E-state index in [1.165, 1.54) is 0 Å². The number of carbonyl (C=O) groups is 2. The van der Waals surface area contributed by atoms with Crippen LogP contribution >= 0.6 is 0 Å². The number of carboxylic acids is 1. The minimum atomic E-state index is -0.861. The Morgan fingerprint density at radius 1 is 1.44 bits per heavy atom. The number of aliphatic carboxylic acids is 1. The highest BCUT2D eigenvalue weighted by Crippen LogP contribution is 2.08. The summed E-state index contributed by atoms with van der Waals surface area (Å²) in [7, 11) is 1.81. The fourth-order valence-corrected chi connectivity index (χ4v) is 1.81. The van der Waals surface area contributed by atoms with Crippen molar-refractivity contribution >= 4 is 11.9 Å². The van der Waals surface area contributed by atoms with Crippen LogP contribution in [-0.2, 0) is 11.8 Å². The van der Waals surface area contributed by atoms with Crippen LogP contribution in [0.2, 0.25) is 0 Å². The summed E-state index contributed by atoms with van der Waals surface area (Å²) in [5, 5.41) is 11.7. The van der Waals surface area contributed by atoms with Crippen LogP contribution in [0.1, 0.15) is 35.9 Å². The molecule has 0 spiro atoms. The predicted molar refractivity (Wildman–Crippen MR) is 68.5 cm³/mol. The third-order valence-corrected chi connectivity index (χ3v) is 3.10. The van der Waals surface area contributed by atoms with Crippen molar-refractivity contribution < 1.29 is 14.7 Å². The number of carbonyl (C=O) groups excluding carboxylic acids is 1. The highest BCUT2D eigenvalue weighted by Gasteiger charge is 2.18. The number of hydrogen-bond donors (Lipinski definition) is 2. The fraction of sp³-hybridized carbons (Fsp3) is 0.538. The first-order chi connectivity index (χ1) is 8.47. The average Bonchev–Trinajstić information content (AvgIpc) is 2.65. The van der Waals surface area contributed by atoms with Gasteiger partial charge in [-0.3, -0.25) is 9.59 Å². The lowest BCUT2D eigenvalue weighted by Gasteiger charge is -2.12. The highest BCUT2D eigenvalue weighted by atomic mass is 16.4. The van der Waals surface area contributed by atoms with Gasteiger partial charge in [-0.05, 0) is 25.5 Å². The second-order valence-electron chi connectivity index (χ2n) is 4.45. The molecule has 18 heavy (non-hydrogen) atoms. The van der Waals surface area contributed by atoms with Crippen LogP contribution in [0.5, 0.6) is 0 Å². The number of nitrogens with zero attached hydrogens (tertiary/aromatic N) is 1. The maximum atomic E-state index is 11.9. The molecule has 0 aliphatic heterocycles. The minimum absolute atomic E-state index is 0.173. The number of aryl methyl sites for hydroxylation is 1. The number of carboxylic acid groups (broad SMARTS) is 1. The van der Waals surface area contributed by atoms with Gasteiger partial charge < -0.3 is 15.0 Å². The zero-order valence-corrected chi connectivity index (χ0v) is 11.1. The van der Waals surface area contributed by atoms with Crippen LogP contribution in [0.25, 0.3) is 0 Å². The summed E-state index contributed by atoms with van der Waals surface area (Å²) in [6.45, 7) is 4.01. The molecule has 100 valence electrons. The van der Waals surface area contributed by atoms with Crippen molar-refractivity contribution in [2.75, 3.05) is 6.54 Å². The molecule has 1 amide bonds. The molecule has 0 saturated heterocycles. The zero-order chi connectivity index (χ0) is 13.7. The van der Waals surface area contributed by atoms with E-state index in [-0.39, 0.29) is 12.5 Å². The number of nitrogens with one attached hydrogen (secondary N) is 1. The molecule has 0 aliphatic rings. The first kappa shape index (κ1) is 14.3. The molecule has 1 heterocycles. The molecule has 0 bridgehead atoms. The Bertz CT molecular complexity index is 437. The van der Waals surface area contributed by atoms with Gasteiger partial charge in [0.15, 0.2) is 0 Å². The monoisotopic (exact) mass is 252 g/mol. The third-order valence-electron chi connectivity index (χ3n) is 3.10. The summed E-state index contributed by atoms with van der Waals surface area (Å²) in [6, 6.07) is 3.59. The molecule has 0 saturated carbocycles. The van der Waals surface area contributed by atoms with Crippen molar-refractivity contribution in [3.63, 3.8) is 0 Å². The van der Waals surface area contributed by atoms with Gasteiger partial charge in [0.05, 0.1) is 5.92 Å². The fourth-order valence-electron chi connectivity index (χ4n) is 1.81. The van der Waals surface area contributed by atoms with E-state index in [1.807, 2.05) is 27.0 Å². The van der Waals surface area contributed by atoms with Gasteiger partial charge in [-0.1, -0.05) is 13.3 Å². The lowest BCUT2D eigenvalue weighted by Crippen LogP contribution is -2.33. The van der Waals surface area contributed by atoms with Crippen molar-refractivity contribution in [1.82, 2.24) is 9.88 Å². The SMILES string of the molecule is CCCC(CNC(=O)c1ccc(C)n1C)C(=O)O. The number of amides is 1. The summed E-state index contributed by atoms with van der Waals surface area (Å²) in [4.78, 5) is 22.8. The van der Waals surface area contributed by atoms with E-state index >= 15 is 0 Å². The number of rotatable bonds is 6. The van der Waals surface area contributed by atoms with Crippen LogP contribution in [0.15, 0.2) is 12.1 Å². The maximum Gasteiger partial charge on any atom is 0.308 e. The number of aromatic nitrogens is 1. The third kappa shape index (κ3) is 3.35. The van der Waals surface area contributed by atoms with E-state index in [9.17, 15) is 9.59 Å². The number of hydrogen-bond acceptors (Lipinski definition) is 2. The first-order valence-corrected chi connectivity index (χ1v) is 6.10. The Labute approximate surface area is 107 Å². The van der Waals surface area contributed by atoms with Crippen molar-refractivity contribution in [1.29, 1.82) is 0 Å². The Kier molecular flexibility index (Phi) is 4.95. The van der Waals surface area contributed by atoms with E-state index < -0.39 is 11.9 Å². The van der Waals surface area contributed by atoms with Crippen molar-refractivity contribution in [3.8, 4) is 0 Å². The summed E-state index contributed by atoms with van der Waals surface area (Å²) < 4.78 is 1.78. The molecule has 5 heteroatoms. The van der Waals surface area contributed by atoms with Crippen LogP contribution in [0.4, 0.5) is 0 Å². The molecule has 1 unspecified atom stereocenters. The molecule has 5 nitrogen and oxygen atoms in total. The van der Waals surface area contributed by atoms with Gasteiger partial charge in [0, 0.05) is 19.3 Å². The molecular formula is C13H20N2O3. The smallest absolute Gasteiger partial charge is 0.308 e. The molecule has 1 rings (SSSR count). The Morgan fingerprint density at radius 3 is 2.56 bits per heavy atom. The Balaban J connectivity index is 2.60. The van der Waals surface area contributed by atoms with Crippen LogP contribution in [0, 0.1) is 12.8 Å². The lowest BCUT2D eigenvalue weighted by molar-refractivity contribution is -0.141. The van der Waals surface area contributed by atoms with E-state index in [2.05, 4.69) is 5.32 Å². The molecule has 0 aromatic carbocycles. The second-order valence-corrected chi connectivity index (χ2v) is 4.45. The van der Waals surface area contributed by atoms with Crippen molar-refractivity contribution in [2.24, 2.45) is 13.0 Å². The van der Waals surface area contributed by atoms with Crippen LogP contribution in [0.3, 0.4) is 0 Å². The second kappa shape index (κ2) is 6.23. The van der Waals surface area contributed by atoms with Gasteiger partial charge in [-0.2, -0.15) is 0 Å². The summed E-state index contributed by atoms with van der Waals surface area (Å²) in [5.74, 6) is -1.60. The largest absolute Gasteiger partial charge is 0.481 e. The molecule has 0 aliphatic carbocycles. The topological polar surface area (TPSA) is 71.3 Å². The van der Waals surface area contributed by atoms with Crippen LogP contribution < -0.4 is 5.32 Å². The van der Waals surface area contributed by atoms with Gasteiger partial charge in [-0.15, -0.1) is 0 Å². The molecule has 1 aromatic rings. The first-order valence-electron chi connectivity index (χ1n) is 6.10. The average molecular weight is 252 g/mol.